The Balaban J connectivity index is 0.00000242. The fourth-order valence-electron chi connectivity index (χ4n) is 2.48. The van der Waals surface area contributed by atoms with Gasteiger partial charge in [0, 0.05) is 12.2 Å². The topological polar surface area (TPSA) is 78.9 Å². The third kappa shape index (κ3) is 5.20. The van der Waals surface area contributed by atoms with Crippen molar-refractivity contribution in [3.05, 3.63) is 24.3 Å². The van der Waals surface area contributed by atoms with Crippen molar-refractivity contribution < 1.29 is 19.4 Å². The van der Waals surface area contributed by atoms with Crippen molar-refractivity contribution in [1.82, 2.24) is 4.90 Å². The molecule has 0 bridgehead atoms. The number of carboxylic acid groups (broad SMARTS) is 1. The lowest BCUT2D eigenvalue weighted by molar-refractivity contribution is -0.144. The molecule has 2 N–H and O–H groups in total. The number of anilines is 1. The van der Waals surface area contributed by atoms with Gasteiger partial charge in [0.15, 0.2) is 0 Å². The number of hydrogen-bond donors (Lipinski definition) is 2. The van der Waals surface area contributed by atoms with Gasteiger partial charge in [-0.3, -0.25) is 14.5 Å². The zero-order chi connectivity index (χ0) is 15.2. The Hall–Kier alpha value is -1.79. The van der Waals surface area contributed by atoms with Crippen LogP contribution < -0.4 is 10.1 Å². The van der Waals surface area contributed by atoms with Crippen LogP contribution >= 0.6 is 12.4 Å². The quantitative estimate of drug-likeness (QED) is 0.862. The van der Waals surface area contributed by atoms with E-state index in [2.05, 4.69) is 5.32 Å². The zero-order valence-corrected chi connectivity index (χ0v) is 13.3. The number of methoxy groups -OCH3 is 1. The van der Waals surface area contributed by atoms with Gasteiger partial charge in [-0.25, -0.2) is 0 Å². The molecule has 1 heterocycles. The molecule has 0 radical (unpaired) electrons. The Morgan fingerprint density at radius 3 is 2.64 bits per heavy atom. The molecule has 0 saturated carbocycles. The largest absolute Gasteiger partial charge is 0.497 e. The van der Waals surface area contributed by atoms with E-state index in [1.165, 1.54) is 0 Å². The molecular weight excluding hydrogens is 308 g/mol. The van der Waals surface area contributed by atoms with E-state index in [9.17, 15) is 9.59 Å². The average molecular weight is 329 g/mol. The number of likely N-dealkylation sites (tertiary alicyclic amines) is 1. The Bertz CT molecular complexity index is 507. The molecule has 0 spiro atoms. The first-order valence-electron chi connectivity index (χ1n) is 6.97. The number of piperidine rings is 1. The van der Waals surface area contributed by atoms with Gasteiger partial charge in [0.1, 0.15) is 5.75 Å². The first-order chi connectivity index (χ1) is 10.1. The minimum Gasteiger partial charge on any atom is -0.497 e. The van der Waals surface area contributed by atoms with Crippen molar-refractivity contribution in [2.24, 2.45) is 5.92 Å². The number of benzene rings is 1. The van der Waals surface area contributed by atoms with E-state index in [4.69, 9.17) is 9.84 Å². The number of halogens is 1. The van der Waals surface area contributed by atoms with Gasteiger partial charge in [0.25, 0.3) is 0 Å². The molecule has 1 saturated heterocycles. The van der Waals surface area contributed by atoms with Crippen LogP contribution in [0.4, 0.5) is 5.69 Å². The van der Waals surface area contributed by atoms with E-state index >= 15 is 0 Å². The summed E-state index contributed by atoms with van der Waals surface area (Å²) in [5, 5.41) is 11.8. The maximum absolute atomic E-state index is 12.0. The second-order valence-electron chi connectivity index (χ2n) is 5.19. The highest BCUT2D eigenvalue weighted by atomic mass is 35.5. The number of rotatable bonds is 5. The summed E-state index contributed by atoms with van der Waals surface area (Å²) < 4.78 is 5.05. The lowest BCUT2D eigenvalue weighted by atomic mass is 9.98. The van der Waals surface area contributed by atoms with Gasteiger partial charge in [0.2, 0.25) is 5.91 Å². The molecule has 7 heteroatoms. The van der Waals surface area contributed by atoms with Gasteiger partial charge in [-0.2, -0.15) is 0 Å². The summed E-state index contributed by atoms with van der Waals surface area (Å²) in [6.45, 7) is 1.42. The van der Waals surface area contributed by atoms with Crippen LogP contribution in [-0.4, -0.2) is 48.6 Å². The molecular formula is C15H21ClN2O4. The third-order valence-corrected chi connectivity index (χ3v) is 3.60. The van der Waals surface area contributed by atoms with Crippen LogP contribution in [0.5, 0.6) is 5.75 Å². The van der Waals surface area contributed by atoms with E-state index in [1.54, 1.807) is 31.4 Å². The lowest BCUT2D eigenvalue weighted by Crippen LogP contribution is -2.42. The number of hydrogen-bond acceptors (Lipinski definition) is 4. The summed E-state index contributed by atoms with van der Waals surface area (Å²) in [6.07, 6.45) is 1.50. The number of aliphatic carboxylic acids is 1. The maximum Gasteiger partial charge on any atom is 0.307 e. The van der Waals surface area contributed by atoms with E-state index in [0.717, 1.165) is 18.7 Å². The Morgan fingerprint density at radius 2 is 2.05 bits per heavy atom. The first kappa shape index (κ1) is 18.3. The molecule has 1 aliphatic rings. The van der Waals surface area contributed by atoms with Gasteiger partial charge >= 0.3 is 5.97 Å². The van der Waals surface area contributed by atoms with E-state index in [1.807, 2.05) is 4.90 Å². The van der Waals surface area contributed by atoms with Gasteiger partial charge < -0.3 is 15.2 Å². The van der Waals surface area contributed by atoms with Gasteiger partial charge in [-0.05, 0) is 43.7 Å². The SMILES string of the molecule is COc1ccc(NC(=O)CN2CCCC(C(=O)O)C2)cc1.Cl. The molecule has 1 amide bonds. The number of ether oxygens (including phenoxy) is 1. The molecule has 1 aliphatic heterocycles. The van der Waals surface area contributed by atoms with Crippen molar-refractivity contribution in [1.29, 1.82) is 0 Å². The second-order valence-corrected chi connectivity index (χ2v) is 5.19. The molecule has 1 unspecified atom stereocenters. The highest BCUT2D eigenvalue weighted by molar-refractivity contribution is 5.92. The molecule has 22 heavy (non-hydrogen) atoms. The molecule has 6 nitrogen and oxygen atoms in total. The minimum atomic E-state index is -0.782. The lowest BCUT2D eigenvalue weighted by Gasteiger charge is -2.29. The standard InChI is InChI=1S/C15H20N2O4.ClH/c1-21-13-6-4-12(5-7-13)16-14(18)10-17-8-2-3-11(9-17)15(19)20;/h4-7,11H,2-3,8-10H2,1H3,(H,16,18)(H,19,20);1H. The zero-order valence-electron chi connectivity index (χ0n) is 12.4. The van der Waals surface area contributed by atoms with Crippen LogP contribution in [0.15, 0.2) is 24.3 Å². The van der Waals surface area contributed by atoms with Crippen LogP contribution in [0.25, 0.3) is 0 Å². The summed E-state index contributed by atoms with van der Waals surface area (Å²) in [6, 6.07) is 7.09. The predicted molar refractivity (Wildman–Crippen MR) is 85.7 cm³/mol. The summed E-state index contributed by atoms with van der Waals surface area (Å²) in [5.41, 5.74) is 0.701. The van der Waals surface area contributed by atoms with Gasteiger partial charge in [0.05, 0.1) is 19.6 Å². The molecule has 1 fully saturated rings. The molecule has 1 atom stereocenters. The Kier molecular flexibility index (Phi) is 7.14. The fourth-order valence-corrected chi connectivity index (χ4v) is 2.48. The minimum absolute atomic E-state index is 0. The second kappa shape index (κ2) is 8.60. The summed E-state index contributed by atoms with van der Waals surface area (Å²) >= 11 is 0. The molecule has 122 valence electrons. The van der Waals surface area contributed by atoms with Crippen molar-refractivity contribution in [2.45, 2.75) is 12.8 Å². The van der Waals surface area contributed by atoms with Gasteiger partial charge in [-0.1, -0.05) is 0 Å². The number of amides is 1. The Morgan fingerprint density at radius 1 is 1.36 bits per heavy atom. The number of nitrogens with one attached hydrogen (secondary N) is 1. The third-order valence-electron chi connectivity index (χ3n) is 3.60. The number of carbonyl (C=O) groups is 2. The van der Waals surface area contributed by atoms with Crippen LogP contribution in [0.1, 0.15) is 12.8 Å². The van der Waals surface area contributed by atoms with Crippen molar-refractivity contribution in [2.75, 3.05) is 32.1 Å². The van der Waals surface area contributed by atoms with Crippen LogP contribution in [-0.2, 0) is 9.59 Å². The number of carbonyl (C=O) groups excluding carboxylic acids is 1. The van der Waals surface area contributed by atoms with E-state index in [0.29, 0.717) is 18.7 Å². The number of nitrogens with zero attached hydrogens (tertiary/aromatic N) is 1. The summed E-state index contributed by atoms with van der Waals surface area (Å²) in [7, 11) is 1.59. The summed E-state index contributed by atoms with van der Waals surface area (Å²) in [4.78, 5) is 24.9. The van der Waals surface area contributed by atoms with Crippen LogP contribution in [0.2, 0.25) is 0 Å². The molecule has 0 aromatic heterocycles. The van der Waals surface area contributed by atoms with Crippen molar-refractivity contribution >= 4 is 30.0 Å². The van der Waals surface area contributed by atoms with Crippen LogP contribution in [0, 0.1) is 5.92 Å². The highest BCUT2D eigenvalue weighted by Gasteiger charge is 2.26. The highest BCUT2D eigenvalue weighted by Crippen LogP contribution is 2.17. The fraction of sp³-hybridized carbons (Fsp3) is 0.467. The van der Waals surface area contributed by atoms with E-state index in [-0.39, 0.29) is 30.8 Å². The average Bonchev–Trinajstić information content (AvgIpc) is 2.48. The predicted octanol–water partition coefficient (Wildman–Crippen LogP) is 1.85. The number of carboxylic acids is 1. The smallest absolute Gasteiger partial charge is 0.307 e. The summed E-state index contributed by atoms with van der Waals surface area (Å²) in [5.74, 6) is -0.553. The molecule has 0 aliphatic carbocycles. The van der Waals surface area contributed by atoms with Gasteiger partial charge in [-0.15, -0.1) is 12.4 Å². The first-order valence-corrected chi connectivity index (χ1v) is 6.97. The van der Waals surface area contributed by atoms with Crippen molar-refractivity contribution in [3.63, 3.8) is 0 Å². The monoisotopic (exact) mass is 328 g/mol. The molecule has 1 aromatic rings. The Labute approximate surface area is 135 Å². The molecule has 1 aromatic carbocycles. The normalized spacial score (nSPS) is 18.1. The van der Waals surface area contributed by atoms with Crippen molar-refractivity contribution in [3.8, 4) is 5.75 Å². The molecule has 2 rings (SSSR count). The maximum atomic E-state index is 12.0. The van der Waals surface area contributed by atoms with E-state index < -0.39 is 5.97 Å². The van der Waals surface area contributed by atoms with Crippen LogP contribution in [0.3, 0.4) is 0 Å².